The second kappa shape index (κ2) is 11.3. The lowest BCUT2D eigenvalue weighted by Gasteiger charge is -2.33. The molecule has 3 aromatic carbocycles. The molecule has 3 nitrogen and oxygen atoms in total. The van der Waals surface area contributed by atoms with Gasteiger partial charge in [0.1, 0.15) is 11.6 Å². The van der Waals surface area contributed by atoms with Crippen LogP contribution in [-0.2, 0) is 5.41 Å². The van der Waals surface area contributed by atoms with Crippen LogP contribution in [0.1, 0.15) is 37.9 Å². The molecule has 1 aliphatic heterocycles. The summed E-state index contributed by atoms with van der Waals surface area (Å²) in [6.45, 7) is 6.14. The zero-order valence-electron chi connectivity index (χ0n) is 21.3. The molecule has 0 unspecified atom stereocenters. The first-order valence-electron chi connectivity index (χ1n) is 12.7. The highest BCUT2D eigenvalue weighted by Gasteiger charge is 2.30. The summed E-state index contributed by atoms with van der Waals surface area (Å²) in [5.41, 5.74) is 3.49. The monoisotopic (exact) mass is 571 g/mol. The Kier molecular flexibility index (Phi) is 8.03. The van der Waals surface area contributed by atoms with Gasteiger partial charge in [-0.2, -0.15) is 0 Å². The Hall–Kier alpha value is -2.54. The van der Waals surface area contributed by atoms with E-state index in [1.54, 1.807) is 23.9 Å². The standard InChI is InChI=1S/C30H29Cl2F2N3S/c1-30(2,21-3-12-26(31)27(32)17-21)28-18-35-29(37(28)25-10-6-23(34)7-11-25)38-19-20-13-15-36(16-14-20)24-8-4-22(33)5-9-24/h3-12,17-18,20H,13-16,19H2,1-2H3. The maximum atomic E-state index is 13.8. The molecule has 0 N–H and O–H groups in total. The van der Waals surface area contributed by atoms with Gasteiger partial charge in [-0.1, -0.05) is 54.9 Å². The number of rotatable bonds is 7. The number of aromatic nitrogens is 2. The second-order valence-electron chi connectivity index (χ2n) is 10.2. The summed E-state index contributed by atoms with van der Waals surface area (Å²) in [5, 5.41) is 1.90. The number of anilines is 1. The van der Waals surface area contributed by atoms with Crippen molar-refractivity contribution in [1.82, 2.24) is 9.55 Å². The van der Waals surface area contributed by atoms with Crippen molar-refractivity contribution in [3.8, 4) is 5.69 Å². The van der Waals surface area contributed by atoms with E-state index >= 15 is 0 Å². The van der Waals surface area contributed by atoms with E-state index in [2.05, 4.69) is 23.3 Å². The third-order valence-corrected chi connectivity index (χ3v) is 9.27. The highest BCUT2D eigenvalue weighted by atomic mass is 35.5. The SMILES string of the molecule is CC(C)(c1ccc(Cl)c(Cl)c1)c1cnc(SCC2CCN(c3ccc(F)cc3)CC2)n1-c1ccc(F)cc1. The molecule has 198 valence electrons. The van der Waals surface area contributed by atoms with Crippen LogP contribution in [0.5, 0.6) is 0 Å². The number of hydrogen-bond donors (Lipinski definition) is 0. The quantitative estimate of drug-likeness (QED) is 0.207. The molecular formula is C30H29Cl2F2N3S. The van der Waals surface area contributed by atoms with Gasteiger partial charge in [-0.05, 0) is 85.0 Å². The van der Waals surface area contributed by atoms with Crippen LogP contribution in [0, 0.1) is 17.6 Å². The van der Waals surface area contributed by atoms with Crippen LogP contribution in [-0.4, -0.2) is 28.4 Å². The second-order valence-corrected chi connectivity index (χ2v) is 12.0. The summed E-state index contributed by atoms with van der Waals surface area (Å²) in [6, 6.07) is 19.0. The Morgan fingerprint density at radius 3 is 2.08 bits per heavy atom. The molecule has 1 saturated heterocycles. The normalized spacial score (nSPS) is 14.7. The van der Waals surface area contributed by atoms with Crippen LogP contribution >= 0.6 is 35.0 Å². The Labute approximate surface area is 236 Å². The molecule has 2 heterocycles. The maximum Gasteiger partial charge on any atom is 0.172 e. The van der Waals surface area contributed by atoms with Gasteiger partial charge in [0.25, 0.3) is 0 Å². The summed E-state index contributed by atoms with van der Waals surface area (Å²) in [5.74, 6) is 0.989. The fourth-order valence-electron chi connectivity index (χ4n) is 4.95. The average molecular weight is 573 g/mol. The van der Waals surface area contributed by atoms with Gasteiger partial charge in [0.05, 0.1) is 21.9 Å². The molecule has 5 rings (SSSR count). The fraction of sp³-hybridized carbons (Fsp3) is 0.300. The van der Waals surface area contributed by atoms with Crippen molar-refractivity contribution in [2.45, 2.75) is 37.3 Å². The van der Waals surface area contributed by atoms with Crippen molar-refractivity contribution >= 4 is 40.7 Å². The molecule has 0 radical (unpaired) electrons. The van der Waals surface area contributed by atoms with Crippen molar-refractivity contribution < 1.29 is 8.78 Å². The van der Waals surface area contributed by atoms with Gasteiger partial charge >= 0.3 is 0 Å². The summed E-state index contributed by atoms with van der Waals surface area (Å²) in [6.07, 6.45) is 4.03. The van der Waals surface area contributed by atoms with Crippen LogP contribution in [0.4, 0.5) is 14.5 Å². The van der Waals surface area contributed by atoms with Crippen LogP contribution in [0.15, 0.2) is 78.1 Å². The summed E-state index contributed by atoms with van der Waals surface area (Å²) < 4.78 is 29.2. The van der Waals surface area contributed by atoms with Crippen LogP contribution in [0.25, 0.3) is 5.69 Å². The molecule has 1 fully saturated rings. The van der Waals surface area contributed by atoms with Crippen molar-refractivity contribution in [3.63, 3.8) is 0 Å². The highest BCUT2D eigenvalue weighted by molar-refractivity contribution is 7.99. The first kappa shape index (κ1) is 27.0. The van der Waals surface area contributed by atoms with Gasteiger partial charge in [-0.3, -0.25) is 4.57 Å². The zero-order valence-corrected chi connectivity index (χ0v) is 23.6. The number of thioether (sulfide) groups is 1. The molecule has 0 atom stereocenters. The fourth-order valence-corrected chi connectivity index (χ4v) is 6.43. The van der Waals surface area contributed by atoms with Crippen molar-refractivity contribution in [3.05, 3.63) is 106 Å². The molecule has 0 bridgehead atoms. The van der Waals surface area contributed by atoms with E-state index in [0.29, 0.717) is 16.0 Å². The lowest BCUT2D eigenvalue weighted by molar-refractivity contribution is 0.444. The topological polar surface area (TPSA) is 21.1 Å². The third kappa shape index (κ3) is 5.73. The molecule has 0 aliphatic carbocycles. The van der Waals surface area contributed by atoms with E-state index in [9.17, 15) is 8.78 Å². The van der Waals surface area contributed by atoms with E-state index in [1.165, 1.54) is 24.3 Å². The summed E-state index contributed by atoms with van der Waals surface area (Å²) >= 11 is 14.3. The smallest absolute Gasteiger partial charge is 0.172 e. The van der Waals surface area contributed by atoms with Gasteiger partial charge < -0.3 is 4.90 Å². The van der Waals surface area contributed by atoms with Crippen molar-refractivity contribution in [1.29, 1.82) is 0 Å². The Bertz CT molecular complexity index is 1400. The van der Waals surface area contributed by atoms with E-state index in [-0.39, 0.29) is 11.6 Å². The third-order valence-electron chi connectivity index (χ3n) is 7.35. The van der Waals surface area contributed by atoms with Crippen molar-refractivity contribution in [2.75, 3.05) is 23.7 Å². The number of imidazole rings is 1. The number of nitrogens with zero attached hydrogens (tertiary/aromatic N) is 3. The van der Waals surface area contributed by atoms with E-state index in [4.69, 9.17) is 28.2 Å². The molecule has 1 aromatic heterocycles. The minimum Gasteiger partial charge on any atom is -0.372 e. The maximum absolute atomic E-state index is 13.8. The number of hydrogen-bond acceptors (Lipinski definition) is 3. The zero-order chi connectivity index (χ0) is 26.9. The van der Waals surface area contributed by atoms with Gasteiger partial charge in [-0.25, -0.2) is 13.8 Å². The van der Waals surface area contributed by atoms with E-state index in [0.717, 1.165) is 59.5 Å². The predicted octanol–water partition coefficient (Wildman–Crippen LogP) is 8.79. The van der Waals surface area contributed by atoms with E-state index in [1.807, 2.05) is 36.5 Å². The molecule has 8 heteroatoms. The molecule has 0 amide bonds. The molecular weight excluding hydrogens is 543 g/mol. The largest absolute Gasteiger partial charge is 0.372 e. The molecule has 0 saturated carbocycles. The number of benzene rings is 3. The highest BCUT2D eigenvalue weighted by Crippen LogP contribution is 2.39. The Balaban J connectivity index is 1.37. The molecule has 38 heavy (non-hydrogen) atoms. The lowest BCUT2D eigenvalue weighted by atomic mass is 9.81. The van der Waals surface area contributed by atoms with Gasteiger partial charge in [0, 0.05) is 35.6 Å². The van der Waals surface area contributed by atoms with Gasteiger partial charge in [-0.15, -0.1) is 0 Å². The van der Waals surface area contributed by atoms with Gasteiger partial charge in [0.15, 0.2) is 5.16 Å². The molecule has 4 aromatic rings. The Morgan fingerprint density at radius 2 is 1.47 bits per heavy atom. The lowest BCUT2D eigenvalue weighted by Crippen LogP contribution is -2.34. The van der Waals surface area contributed by atoms with E-state index < -0.39 is 5.41 Å². The van der Waals surface area contributed by atoms with Crippen molar-refractivity contribution in [2.24, 2.45) is 5.92 Å². The Morgan fingerprint density at radius 1 is 0.868 bits per heavy atom. The molecule has 0 spiro atoms. The minimum atomic E-state index is -0.436. The van der Waals surface area contributed by atoms with Crippen LogP contribution in [0.3, 0.4) is 0 Å². The average Bonchev–Trinajstić information content (AvgIpc) is 3.35. The number of halogens is 4. The minimum absolute atomic E-state index is 0.210. The van der Waals surface area contributed by atoms with Crippen LogP contribution < -0.4 is 4.90 Å². The van der Waals surface area contributed by atoms with Gasteiger partial charge in [0.2, 0.25) is 0 Å². The summed E-state index contributed by atoms with van der Waals surface area (Å²) in [4.78, 5) is 7.15. The van der Waals surface area contributed by atoms with Crippen LogP contribution in [0.2, 0.25) is 10.0 Å². The first-order valence-corrected chi connectivity index (χ1v) is 14.4. The molecule has 1 aliphatic rings. The summed E-state index contributed by atoms with van der Waals surface area (Å²) in [7, 11) is 0. The first-order chi connectivity index (χ1) is 18.2. The predicted molar refractivity (Wildman–Crippen MR) is 154 cm³/mol. The number of piperidine rings is 1.